The normalized spacial score (nSPS) is 39.3. The second-order valence-corrected chi connectivity index (χ2v) is 4.11. The lowest BCUT2D eigenvalue weighted by Gasteiger charge is -2.49. The maximum Gasteiger partial charge on any atom is 0.220 e. The van der Waals surface area contributed by atoms with Crippen LogP contribution in [-0.2, 0) is 18.9 Å². The van der Waals surface area contributed by atoms with Gasteiger partial charge in [-0.05, 0) is 20.8 Å². The molecule has 1 saturated heterocycles. The third-order valence-electron chi connectivity index (χ3n) is 3.15. The predicted molar refractivity (Wildman–Crippen MR) is 61.1 cm³/mol. The molecular weight excluding hydrogens is 224 g/mol. The summed E-state index contributed by atoms with van der Waals surface area (Å²) in [4.78, 5) is 0. The van der Waals surface area contributed by atoms with Crippen molar-refractivity contribution in [3.05, 3.63) is 0 Å². The SMILES string of the molecule is CC#C[C@H](O)[C@H]1COC(C)(OC)[C@](C)(OC)O1. The van der Waals surface area contributed by atoms with E-state index in [-0.39, 0.29) is 6.61 Å². The smallest absolute Gasteiger partial charge is 0.220 e. The number of hydrogen-bond acceptors (Lipinski definition) is 5. The quantitative estimate of drug-likeness (QED) is 0.733. The highest BCUT2D eigenvalue weighted by molar-refractivity contribution is 5.06. The van der Waals surface area contributed by atoms with Gasteiger partial charge in [-0.15, -0.1) is 5.92 Å². The molecule has 0 spiro atoms. The lowest BCUT2D eigenvalue weighted by atomic mass is 10.1. The van der Waals surface area contributed by atoms with E-state index in [2.05, 4.69) is 11.8 Å². The van der Waals surface area contributed by atoms with Crippen LogP contribution in [0.25, 0.3) is 0 Å². The number of methoxy groups -OCH3 is 2. The van der Waals surface area contributed by atoms with Crippen LogP contribution in [0, 0.1) is 11.8 Å². The number of rotatable bonds is 3. The zero-order valence-corrected chi connectivity index (χ0v) is 10.9. The van der Waals surface area contributed by atoms with E-state index in [4.69, 9.17) is 18.9 Å². The van der Waals surface area contributed by atoms with Crippen LogP contribution in [0.2, 0.25) is 0 Å². The second-order valence-electron chi connectivity index (χ2n) is 4.11. The zero-order valence-electron chi connectivity index (χ0n) is 10.9. The van der Waals surface area contributed by atoms with E-state index < -0.39 is 23.8 Å². The maximum absolute atomic E-state index is 9.77. The minimum atomic E-state index is -1.10. The Morgan fingerprint density at radius 3 is 2.35 bits per heavy atom. The average molecular weight is 244 g/mol. The third-order valence-corrected chi connectivity index (χ3v) is 3.15. The summed E-state index contributed by atoms with van der Waals surface area (Å²) < 4.78 is 21.9. The Kier molecular flexibility index (Phi) is 4.53. The summed E-state index contributed by atoms with van der Waals surface area (Å²) in [6, 6.07) is 0. The number of aliphatic hydroxyl groups excluding tert-OH is 1. The standard InChI is InChI=1S/C12H20O5/c1-6-7-9(13)10-8-16-11(2,14-4)12(3,15-5)17-10/h9-10,13H,8H2,1-5H3/t9-,10+,11?,12+/m0/s1. The second kappa shape index (κ2) is 5.34. The van der Waals surface area contributed by atoms with Crippen LogP contribution in [0.1, 0.15) is 20.8 Å². The molecule has 0 aromatic heterocycles. The Bertz CT molecular complexity index is 321. The molecule has 0 aromatic rings. The molecule has 4 atom stereocenters. The first-order valence-electron chi connectivity index (χ1n) is 5.45. The fourth-order valence-corrected chi connectivity index (χ4v) is 1.68. The summed E-state index contributed by atoms with van der Waals surface area (Å²) in [5.74, 6) is 3.15. The highest BCUT2D eigenvalue weighted by Gasteiger charge is 2.54. The van der Waals surface area contributed by atoms with Crippen LogP contribution in [0.3, 0.4) is 0 Å². The lowest BCUT2D eigenvalue weighted by molar-refractivity contribution is -0.435. The summed E-state index contributed by atoms with van der Waals surface area (Å²) in [6.45, 7) is 5.28. The average Bonchev–Trinajstić information content (AvgIpc) is 2.33. The minimum Gasteiger partial charge on any atom is -0.378 e. The molecule has 0 radical (unpaired) electrons. The van der Waals surface area contributed by atoms with Gasteiger partial charge in [-0.1, -0.05) is 5.92 Å². The first-order valence-corrected chi connectivity index (χ1v) is 5.45. The fourth-order valence-electron chi connectivity index (χ4n) is 1.68. The maximum atomic E-state index is 9.77. The van der Waals surface area contributed by atoms with E-state index in [9.17, 15) is 5.11 Å². The first-order chi connectivity index (χ1) is 7.92. The van der Waals surface area contributed by atoms with Crippen molar-refractivity contribution in [1.29, 1.82) is 0 Å². The lowest BCUT2D eigenvalue weighted by Crippen LogP contribution is -2.63. The minimum absolute atomic E-state index is 0.194. The largest absolute Gasteiger partial charge is 0.378 e. The molecule has 1 aliphatic rings. The van der Waals surface area contributed by atoms with E-state index in [0.717, 1.165) is 0 Å². The van der Waals surface area contributed by atoms with Crippen LogP contribution in [0.4, 0.5) is 0 Å². The van der Waals surface area contributed by atoms with Crippen molar-refractivity contribution < 1.29 is 24.1 Å². The van der Waals surface area contributed by atoms with Crippen molar-refractivity contribution in [2.24, 2.45) is 0 Å². The molecule has 0 aromatic carbocycles. The Hall–Kier alpha value is -0.640. The Balaban J connectivity index is 2.86. The summed E-state index contributed by atoms with van der Waals surface area (Å²) in [5, 5.41) is 9.77. The predicted octanol–water partition coefficient (Wildman–Crippen LogP) is 0.511. The van der Waals surface area contributed by atoms with E-state index in [1.807, 2.05) is 0 Å². The molecule has 5 heteroatoms. The van der Waals surface area contributed by atoms with Crippen LogP contribution < -0.4 is 0 Å². The summed E-state index contributed by atoms with van der Waals surface area (Å²) in [5.41, 5.74) is 0. The van der Waals surface area contributed by atoms with Crippen LogP contribution >= 0.6 is 0 Å². The van der Waals surface area contributed by atoms with Crippen LogP contribution in [0.5, 0.6) is 0 Å². The van der Waals surface area contributed by atoms with Gasteiger partial charge in [-0.3, -0.25) is 0 Å². The van der Waals surface area contributed by atoms with Crippen molar-refractivity contribution in [2.45, 2.75) is 44.6 Å². The fraction of sp³-hybridized carbons (Fsp3) is 0.833. The van der Waals surface area contributed by atoms with Crippen molar-refractivity contribution in [1.82, 2.24) is 0 Å². The highest BCUT2D eigenvalue weighted by Crippen LogP contribution is 2.36. The molecule has 1 heterocycles. The van der Waals surface area contributed by atoms with Crippen molar-refractivity contribution in [3.63, 3.8) is 0 Å². The van der Waals surface area contributed by atoms with Gasteiger partial charge in [0.15, 0.2) is 0 Å². The van der Waals surface area contributed by atoms with Crippen molar-refractivity contribution >= 4 is 0 Å². The third kappa shape index (κ3) is 2.62. The molecule has 17 heavy (non-hydrogen) atoms. The molecule has 5 nitrogen and oxygen atoms in total. The van der Waals surface area contributed by atoms with Gasteiger partial charge in [-0.2, -0.15) is 0 Å². The van der Waals surface area contributed by atoms with Gasteiger partial charge in [0.1, 0.15) is 12.2 Å². The van der Waals surface area contributed by atoms with Gasteiger partial charge < -0.3 is 24.1 Å². The first kappa shape index (κ1) is 14.4. The van der Waals surface area contributed by atoms with E-state index in [1.165, 1.54) is 14.2 Å². The summed E-state index contributed by atoms with van der Waals surface area (Å²) in [6.07, 6.45) is -1.47. The Morgan fingerprint density at radius 1 is 1.29 bits per heavy atom. The van der Waals surface area contributed by atoms with Gasteiger partial charge in [0.25, 0.3) is 0 Å². The molecular formula is C12H20O5. The molecule has 0 aliphatic carbocycles. The molecule has 1 aliphatic heterocycles. The van der Waals surface area contributed by atoms with Gasteiger partial charge in [0, 0.05) is 14.2 Å². The van der Waals surface area contributed by atoms with Crippen LogP contribution in [-0.4, -0.2) is 49.7 Å². The van der Waals surface area contributed by atoms with E-state index >= 15 is 0 Å². The van der Waals surface area contributed by atoms with Crippen LogP contribution in [0.15, 0.2) is 0 Å². The molecule has 1 rings (SSSR count). The van der Waals surface area contributed by atoms with Gasteiger partial charge in [-0.25, -0.2) is 0 Å². The zero-order chi connectivity index (χ0) is 13.1. The Labute approximate surface area is 102 Å². The molecule has 1 unspecified atom stereocenters. The van der Waals surface area contributed by atoms with Crippen molar-refractivity contribution in [2.75, 3.05) is 20.8 Å². The van der Waals surface area contributed by atoms with E-state index in [0.29, 0.717) is 0 Å². The van der Waals surface area contributed by atoms with Crippen molar-refractivity contribution in [3.8, 4) is 11.8 Å². The van der Waals surface area contributed by atoms with E-state index in [1.54, 1.807) is 20.8 Å². The number of hydrogen-bond donors (Lipinski definition) is 1. The molecule has 0 bridgehead atoms. The molecule has 1 fully saturated rings. The molecule has 0 amide bonds. The number of ether oxygens (including phenoxy) is 4. The van der Waals surface area contributed by atoms with Gasteiger partial charge in [0.05, 0.1) is 6.61 Å². The van der Waals surface area contributed by atoms with Gasteiger partial charge >= 0.3 is 0 Å². The highest BCUT2D eigenvalue weighted by atomic mass is 16.8. The Morgan fingerprint density at radius 2 is 1.88 bits per heavy atom. The topological polar surface area (TPSA) is 57.2 Å². The summed E-state index contributed by atoms with van der Waals surface area (Å²) in [7, 11) is 3.02. The summed E-state index contributed by atoms with van der Waals surface area (Å²) >= 11 is 0. The van der Waals surface area contributed by atoms with Gasteiger partial charge in [0.2, 0.25) is 11.6 Å². The number of aliphatic hydroxyl groups is 1. The molecule has 98 valence electrons. The monoisotopic (exact) mass is 244 g/mol. The molecule has 0 saturated carbocycles. The molecule has 1 N–H and O–H groups in total.